The summed E-state index contributed by atoms with van der Waals surface area (Å²) >= 11 is 0. The van der Waals surface area contributed by atoms with Gasteiger partial charge in [-0.25, -0.2) is 22.0 Å². The zero-order valence-corrected chi connectivity index (χ0v) is 13.1. The van der Waals surface area contributed by atoms with E-state index in [0.29, 0.717) is 0 Å². The first-order valence-electron chi connectivity index (χ1n) is 6.60. The third-order valence-corrected chi connectivity index (χ3v) is 5.72. The van der Waals surface area contributed by atoms with E-state index in [1.54, 1.807) is 0 Å². The van der Waals surface area contributed by atoms with Gasteiger partial charge in [-0.1, -0.05) is 6.07 Å². The second-order valence-corrected chi connectivity index (χ2v) is 8.48. The van der Waals surface area contributed by atoms with Crippen LogP contribution in [0.4, 0.5) is 5.69 Å². The van der Waals surface area contributed by atoms with E-state index in [2.05, 4.69) is 10.0 Å². The number of hydrogen-bond acceptors (Lipinski definition) is 5. The molecule has 1 heterocycles. The topological polar surface area (TPSA) is 118 Å². The molecule has 118 valence electrons. The maximum absolute atomic E-state index is 12.1. The standard InChI is InChI=1S/C12H19N3O4S2/c13-21(18,19)12-3-1-2-11(8-12)15-20(16,17)9-10-4-6-14-7-5-10/h1-3,8,10,14-15H,4-7,9H2,(H2,13,18,19). The Morgan fingerprint density at radius 3 is 2.48 bits per heavy atom. The van der Waals surface area contributed by atoms with Crippen LogP contribution in [0, 0.1) is 5.92 Å². The molecular formula is C12H19N3O4S2. The Balaban J connectivity index is 2.09. The van der Waals surface area contributed by atoms with Crippen LogP contribution in [0.25, 0.3) is 0 Å². The average molecular weight is 333 g/mol. The van der Waals surface area contributed by atoms with Crippen LogP contribution >= 0.6 is 0 Å². The van der Waals surface area contributed by atoms with Gasteiger partial charge >= 0.3 is 0 Å². The minimum absolute atomic E-state index is 0.0360. The molecule has 21 heavy (non-hydrogen) atoms. The van der Waals surface area contributed by atoms with Gasteiger partial charge in [-0.2, -0.15) is 0 Å². The largest absolute Gasteiger partial charge is 0.317 e. The van der Waals surface area contributed by atoms with Crippen molar-refractivity contribution in [1.29, 1.82) is 0 Å². The summed E-state index contributed by atoms with van der Waals surface area (Å²) < 4.78 is 49.2. The molecule has 1 aromatic carbocycles. The molecule has 0 spiro atoms. The molecule has 2 rings (SSSR count). The summed E-state index contributed by atoms with van der Waals surface area (Å²) in [6.07, 6.45) is 1.64. The summed E-state index contributed by atoms with van der Waals surface area (Å²) in [6.45, 7) is 1.64. The van der Waals surface area contributed by atoms with E-state index in [9.17, 15) is 16.8 Å². The van der Waals surface area contributed by atoms with Crippen LogP contribution in [0.3, 0.4) is 0 Å². The number of rotatable bonds is 5. The summed E-state index contributed by atoms with van der Waals surface area (Å²) in [5, 5.41) is 8.21. The van der Waals surface area contributed by atoms with Crippen molar-refractivity contribution in [3.63, 3.8) is 0 Å². The second kappa shape index (κ2) is 6.30. The Hall–Kier alpha value is -1.16. The Bertz CT molecular complexity index is 695. The van der Waals surface area contributed by atoms with Gasteiger partial charge in [-0.3, -0.25) is 4.72 Å². The van der Waals surface area contributed by atoms with Crippen LogP contribution in [0.1, 0.15) is 12.8 Å². The third kappa shape index (κ3) is 4.95. The number of nitrogens with one attached hydrogen (secondary N) is 2. The Morgan fingerprint density at radius 1 is 1.19 bits per heavy atom. The SMILES string of the molecule is NS(=O)(=O)c1cccc(NS(=O)(=O)CC2CCNCC2)c1. The van der Waals surface area contributed by atoms with Crippen LogP contribution in [0.2, 0.25) is 0 Å². The van der Waals surface area contributed by atoms with Gasteiger partial charge in [0, 0.05) is 5.69 Å². The number of primary sulfonamides is 1. The molecule has 1 saturated heterocycles. The first kappa shape index (κ1) is 16.2. The highest BCUT2D eigenvalue weighted by molar-refractivity contribution is 7.92. The Labute approximate surface area is 125 Å². The normalized spacial score (nSPS) is 17.6. The van der Waals surface area contributed by atoms with Crippen LogP contribution in [-0.4, -0.2) is 35.7 Å². The molecule has 0 aliphatic carbocycles. The van der Waals surface area contributed by atoms with Crippen molar-refractivity contribution in [3.05, 3.63) is 24.3 Å². The van der Waals surface area contributed by atoms with E-state index in [1.807, 2.05) is 0 Å². The molecule has 0 radical (unpaired) electrons. The zero-order chi connectivity index (χ0) is 15.5. The molecule has 0 amide bonds. The lowest BCUT2D eigenvalue weighted by molar-refractivity contribution is 0.402. The van der Waals surface area contributed by atoms with Crippen LogP contribution in [0.5, 0.6) is 0 Å². The van der Waals surface area contributed by atoms with Crippen molar-refractivity contribution in [1.82, 2.24) is 5.32 Å². The predicted octanol–water partition coefficient (Wildman–Crippen LogP) is 0.0753. The number of piperidine rings is 1. The molecule has 1 aliphatic heterocycles. The van der Waals surface area contributed by atoms with Crippen LogP contribution in [-0.2, 0) is 20.0 Å². The number of benzene rings is 1. The van der Waals surface area contributed by atoms with Gasteiger partial charge in [-0.05, 0) is 50.0 Å². The van der Waals surface area contributed by atoms with Crippen molar-refractivity contribution in [2.45, 2.75) is 17.7 Å². The highest BCUT2D eigenvalue weighted by Crippen LogP contribution is 2.18. The predicted molar refractivity (Wildman–Crippen MR) is 80.8 cm³/mol. The quantitative estimate of drug-likeness (QED) is 0.705. The summed E-state index contributed by atoms with van der Waals surface area (Å²) in [5.41, 5.74) is 0.204. The second-order valence-electron chi connectivity index (χ2n) is 5.15. The van der Waals surface area contributed by atoms with Crippen molar-refractivity contribution < 1.29 is 16.8 Å². The molecule has 0 bridgehead atoms. The molecule has 1 fully saturated rings. The highest BCUT2D eigenvalue weighted by Gasteiger charge is 2.21. The van der Waals surface area contributed by atoms with Gasteiger partial charge < -0.3 is 5.32 Å². The van der Waals surface area contributed by atoms with Gasteiger partial charge in [0.05, 0.1) is 10.6 Å². The lowest BCUT2D eigenvalue weighted by Gasteiger charge is -2.22. The minimum atomic E-state index is -3.85. The number of anilines is 1. The fraction of sp³-hybridized carbons (Fsp3) is 0.500. The summed E-state index contributed by atoms with van der Waals surface area (Å²) in [5.74, 6) is 0.152. The van der Waals surface area contributed by atoms with Crippen molar-refractivity contribution in [2.75, 3.05) is 23.6 Å². The molecule has 9 heteroatoms. The fourth-order valence-corrected chi connectivity index (χ4v) is 4.40. The van der Waals surface area contributed by atoms with E-state index < -0.39 is 20.0 Å². The number of hydrogen-bond donors (Lipinski definition) is 3. The smallest absolute Gasteiger partial charge is 0.238 e. The maximum atomic E-state index is 12.1. The Kier molecular flexibility index (Phi) is 4.87. The molecule has 7 nitrogen and oxygen atoms in total. The fourth-order valence-electron chi connectivity index (χ4n) is 2.32. The lowest BCUT2D eigenvalue weighted by atomic mass is 10.0. The van der Waals surface area contributed by atoms with Crippen LogP contribution in [0.15, 0.2) is 29.2 Å². The van der Waals surface area contributed by atoms with E-state index in [-0.39, 0.29) is 22.3 Å². The number of sulfonamides is 2. The molecule has 0 atom stereocenters. The Morgan fingerprint density at radius 2 is 1.86 bits per heavy atom. The zero-order valence-electron chi connectivity index (χ0n) is 11.4. The van der Waals surface area contributed by atoms with Crippen LogP contribution < -0.4 is 15.2 Å². The third-order valence-electron chi connectivity index (χ3n) is 3.35. The van der Waals surface area contributed by atoms with E-state index in [1.165, 1.54) is 24.3 Å². The van der Waals surface area contributed by atoms with Crippen molar-refractivity contribution in [2.24, 2.45) is 11.1 Å². The summed E-state index contributed by atoms with van der Waals surface area (Å²) in [7, 11) is -7.36. The van der Waals surface area contributed by atoms with Gasteiger partial charge in [0.15, 0.2) is 0 Å². The van der Waals surface area contributed by atoms with Gasteiger partial charge in [-0.15, -0.1) is 0 Å². The van der Waals surface area contributed by atoms with Crippen molar-refractivity contribution in [3.8, 4) is 0 Å². The minimum Gasteiger partial charge on any atom is -0.317 e. The van der Waals surface area contributed by atoms with Gasteiger partial charge in [0.2, 0.25) is 20.0 Å². The molecule has 4 N–H and O–H groups in total. The van der Waals surface area contributed by atoms with E-state index in [4.69, 9.17) is 5.14 Å². The first-order chi connectivity index (χ1) is 9.76. The van der Waals surface area contributed by atoms with Crippen molar-refractivity contribution >= 4 is 25.7 Å². The molecular weight excluding hydrogens is 314 g/mol. The molecule has 0 saturated carbocycles. The van der Waals surface area contributed by atoms with E-state index in [0.717, 1.165) is 25.9 Å². The molecule has 1 aromatic rings. The molecule has 0 unspecified atom stereocenters. The maximum Gasteiger partial charge on any atom is 0.238 e. The van der Waals surface area contributed by atoms with Gasteiger partial charge in [0.1, 0.15) is 0 Å². The summed E-state index contributed by atoms with van der Waals surface area (Å²) in [6, 6.07) is 5.48. The lowest BCUT2D eigenvalue weighted by Crippen LogP contribution is -2.33. The van der Waals surface area contributed by atoms with Gasteiger partial charge in [0.25, 0.3) is 0 Å². The average Bonchev–Trinajstić information content (AvgIpc) is 2.38. The van der Waals surface area contributed by atoms with E-state index >= 15 is 0 Å². The number of nitrogens with two attached hydrogens (primary N) is 1. The summed E-state index contributed by atoms with van der Waals surface area (Å²) in [4.78, 5) is -0.121. The first-order valence-corrected chi connectivity index (χ1v) is 9.80. The highest BCUT2D eigenvalue weighted by atomic mass is 32.2. The monoisotopic (exact) mass is 333 g/mol. The molecule has 0 aromatic heterocycles. The molecule has 1 aliphatic rings.